The Hall–Kier alpha value is -2.29. The standard InChI is InChI=1S/C15H13F3N4OS/c1-9-5-14(23)22-13(6-12(20-22)24-2)21(9)8-10-3-4-11(19-7-10)15(16,17)18/h3-7H,8H2,1-2H3. The molecule has 0 aliphatic carbocycles. The molecule has 0 amide bonds. The summed E-state index contributed by atoms with van der Waals surface area (Å²) in [6.07, 6.45) is -1.41. The van der Waals surface area contributed by atoms with Gasteiger partial charge in [-0.1, -0.05) is 6.07 Å². The third-order valence-electron chi connectivity index (χ3n) is 3.58. The van der Waals surface area contributed by atoms with Gasteiger partial charge < -0.3 is 4.57 Å². The van der Waals surface area contributed by atoms with Gasteiger partial charge >= 0.3 is 6.18 Å². The zero-order chi connectivity index (χ0) is 17.5. The summed E-state index contributed by atoms with van der Waals surface area (Å²) in [6.45, 7) is 2.06. The Morgan fingerprint density at radius 1 is 1.25 bits per heavy atom. The highest BCUT2D eigenvalue weighted by Gasteiger charge is 2.32. The van der Waals surface area contributed by atoms with Crippen LogP contribution >= 0.6 is 11.8 Å². The molecule has 0 saturated heterocycles. The maximum Gasteiger partial charge on any atom is 0.433 e. The molecule has 5 nitrogen and oxygen atoms in total. The number of nitrogens with zero attached hydrogens (tertiary/aromatic N) is 4. The van der Waals surface area contributed by atoms with Gasteiger partial charge in [0.25, 0.3) is 5.56 Å². The number of rotatable bonds is 3. The summed E-state index contributed by atoms with van der Waals surface area (Å²) < 4.78 is 40.9. The van der Waals surface area contributed by atoms with Crippen LogP contribution in [0, 0.1) is 6.92 Å². The zero-order valence-electron chi connectivity index (χ0n) is 12.8. The number of hydrogen-bond acceptors (Lipinski definition) is 4. The van der Waals surface area contributed by atoms with E-state index in [0.29, 0.717) is 28.5 Å². The smallest absolute Gasteiger partial charge is 0.326 e. The number of aryl methyl sites for hydroxylation is 1. The molecule has 0 aliphatic rings. The molecule has 0 radical (unpaired) electrons. The van der Waals surface area contributed by atoms with E-state index >= 15 is 0 Å². The second kappa shape index (κ2) is 5.97. The number of halogens is 3. The fraction of sp³-hybridized carbons (Fsp3) is 0.267. The van der Waals surface area contributed by atoms with Crippen molar-refractivity contribution in [3.63, 3.8) is 0 Å². The van der Waals surface area contributed by atoms with Crippen molar-refractivity contribution in [1.29, 1.82) is 0 Å². The molecule has 3 aromatic rings. The molecule has 0 aliphatic heterocycles. The minimum Gasteiger partial charge on any atom is -0.326 e. The molecule has 0 atom stereocenters. The topological polar surface area (TPSA) is 52.2 Å². The van der Waals surface area contributed by atoms with Crippen LogP contribution in [0.1, 0.15) is 17.0 Å². The average Bonchev–Trinajstić information content (AvgIpc) is 2.96. The van der Waals surface area contributed by atoms with Crippen LogP contribution in [0.2, 0.25) is 0 Å². The summed E-state index contributed by atoms with van der Waals surface area (Å²) in [6, 6.07) is 5.56. The largest absolute Gasteiger partial charge is 0.433 e. The first-order valence-electron chi connectivity index (χ1n) is 6.96. The molecule has 9 heteroatoms. The molecule has 126 valence electrons. The molecule has 0 fully saturated rings. The van der Waals surface area contributed by atoms with Crippen LogP contribution in [-0.2, 0) is 12.7 Å². The van der Waals surface area contributed by atoms with Crippen molar-refractivity contribution in [1.82, 2.24) is 19.2 Å². The molecular weight excluding hydrogens is 341 g/mol. The van der Waals surface area contributed by atoms with Crippen LogP contribution in [0.25, 0.3) is 5.65 Å². The van der Waals surface area contributed by atoms with E-state index in [1.807, 2.05) is 10.8 Å². The van der Waals surface area contributed by atoms with Gasteiger partial charge in [0.2, 0.25) is 0 Å². The first-order chi connectivity index (χ1) is 11.3. The fourth-order valence-corrected chi connectivity index (χ4v) is 2.76. The van der Waals surface area contributed by atoms with E-state index in [-0.39, 0.29) is 5.56 Å². The Balaban J connectivity index is 2.04. The summed E-state index contributed by atoms with van der Waals surface area (Å²) in [5, 5.41) is 4.89. The van der Waals surface area contributed by atoms with Crippen LogP contribution in [0.3, 0.4) is 0 Å². The van der Waals surface area contributed by atoms with Gasteiger partial charge in [0, 0.05) is 24.0 Å². The summed E-state index contributed by atoms with van der Waals surface area (Å²) >= 11 is 1.41. The number of fused-ring (bicyclic) bond motifs is 1. The Labute approximate surface area is 139 Å². The van der Waals surface area contributed by atoms with Gasteiger partial charge in [0.05, 0.1) is 6.54 Å². The molecule has 3 heterocycles. The summed E-state index contributed by atoms with van der Waals surface area (Å²) in [4.78, 5) is 15.5. The van der Waals surface area contributed by atoms with Gasteiger partial charge in [0.15, 0.2) is 0 Å². The highest BCUT2D eigenvalue weighted by atomic mass is 32.2. The second-order valence-electron chi connectivity index (χ2n) is 5.22. The molecule has 0 aromatic carbocycles. The Kier molecular flexibility index (Phi) is 4.12. The monoisotopic (exact) mass is 354 g/mol. The lowest BCUT2D eigenvalue weighted by atomic mass is 10.2. The minimum atomic E-state index is -4.46. The normalized spacial score (nSPS) is 12.0. The Morgan fingerprint density at radius 2 is 2.00 bits per heavy atom. The predicted octanol–water partition coefficient (Wildman–Crippen LogP) is 2.99. The predicted molar refractivity (Wildman–Crippen MR) is 84.3 cm³/mol. The molecule has 0 spiro atoms. The highest BCUT2D eigenvalue weighted by molar-refractivity contribution is 7.98. The van der Waals surface area contributed by atoms with E-state index in [0.717, 1.165) is 6.07 Å². The maximum atomic E-state index is 12.6. The summed E-state index contributed by atoms with van der Waals surface area (Å²) in [5.74, 6) is 0. The molecule has 0 bridgehead atoms. The fourth-order valence-electron chi connectivity index (χ4n) is 2.38. The maximum absolute atomic E-state index is 12.6. The quantitative estimate of drug-likeness (QED) is 0.679. The molecule has 0 unspecified atom stereocenters. The van der Waals surface area contributed by atoms with Crippen LogP contribution < -0.4 is 5.56 Å². The van der Waals surface area contributed by atoms with Crippen LogP contribution in [-0.4, -0.2) is 25.4 Å². The Bertz CT molecular complexity index is 944. The molecule has 24 heavy (non-hydrogen) atoms. The van der Waals surface area contributed by atoms with E-state index in [9.17, 15) is 18.0 Å². The van der Waals surface area contributed by atoms with Crippen molar-refractivity contribution < 1.29 is 13.2 Å². The second-order valence-corrected chi connectivity index (χ2v) is 6.04. The number of aromatic nitrogens is 4. The van der Waals surface area contributed by atoms with Crippen molar-refractivity contribution in [2.24, 2.45) is 0 Å². The van der Waals surface area contributed by atoms with Gasteiger partial charge in [0.1, 0.15) is 16.4 Å². The first-order valence-corrected chi connectivity index (χ1v) is 8.18. The third-order valence-corrected chi connectivity index (χ3v) is 4.19. The Morgan fingerprint density at radius 3 is 2.58 bits per heavy atom. The lowest BCUT2D eigenvalue weighted by molar-refractivity contribution is -0.141. The molecule has 3 rings (SSSR count). The van der Waals surface area contributed by atoms with Gasteiger partial charge in [-0.2, -0.15) is 22.8 Å². The first kappa shape index (κ1) is 16.6. The third kappa shape index (κ3) is 3.03. The van der Waals surface area contributed by atoms with Crippen LogP contribution in [0.5, 0.6) is 0 Å². The van der Waals surface area contributed by atoms with Gasteiger partial charge in [-0.25, -0.2) is 0 Å². The number of pyridine rings is 1. The highest BCUT2D eigenvalue weighted by Crippen LogP contribution is 2.27. The molecule has 0 saturated carbocycles. The lowest BCUT2D eigenvalue weighted by Crippen LogP contribution is -2.20. The molecular formula is C15H13F3N4OS. The van der Waals surface area contributed by atoms with E-state index in [1.54, 1.807) is 13.0 Å². The van der Waals surface area contributed by atoms with Gasteiger partial charge in [-0.05, 0) is 24.8 Å². The summed E-state index contributed by atoms with van der Waals surface area (Å²) in [5.41, 5.74) is 0.708. The SMILES string of the molecule is CSc1cc2n(Cc3ccc(C(F)(F)F)nc3)c(C)cc(=O)n2n1. The van der Waals surface area contributed by atoms with Crippen molar-refractivity contribution in [2.45, 2.75) is 24.7 Å². The van der Waals surface area contributed by atoms with Crippen molar-refractivity contribution in [2.75, 3.05) is 6.26 Å². The van der Waals surface area contributed by atoms with Crippen molar-refractivity contribution in [3.05, 3.63) is 57.8 Å². The molecule has 0 N–H and O–H groups in total. The number of thioether (sulfide) groups is 1. The number of alkyl halides is 3. The van der Waals surface area contributed by atoms with E-state index in [4.69, 9.17) is 0 Å². The van der Waals surface area contributed by atoms with E-state index in [1.165, 1.54) is 34.6 Å². The number of hydrogen-bond donors (Lipinski definition) is 0. The summed E-state index contributed by atoms with van der Waals surface area (Å²) in [7, 11) is 0. The van der Waals surface area contributed by atoms with Gasteiger partial charge in [-0.3, -0.25) is 9.78 Å². The van der Waals surface area contributed by atoms with E-state index in [2.05, 4.69) is 10.1 Å². The molecule has 3 aromatic heterocycles. The van der Waals surface area contributed by atoms with Crippen LogP contribution in [0.15, 0.2) is 40.3 Å². The average molecular weight is 354 g/mol. The minimum absolute atomic E-state index is 0.246. The lowest BCUT2D eigenvalue weighted by Gasteiger charge is -2.13. The zero-order valence-corrected chi connectivity index (χ0v) is 13.6. The van der Waals surface area contributed by atoms with Crippen molar-refractivity contribution >= 4 is 17.4 Å². The van der Waals surface area contributed by atoms with Crippen molar-refractivity contribution in [3.8, 4) is 0 Å². The van der Waals surface area contributed by atoms with E-state index < -0.39 is 11.9 Å². The van der Waals surface area contributed by atoms with Gasteiger partial charge in [-0.15, -0.1) is 11.8 Å². The van der Waals surface area contributed by atoms with Crippen LogP contribution in [0.4, 0.5) is 13.2 Å².